The second-order valence-electron chi connectivity index (χ2n) is 9.80. The third-order valence-corrected chi connectivity index (χ3v) is 6.75. The Labute approximate surface area is 184 Å². The van der Waals surface area contributed by atoms with Crippen molar-refractivity contribution in [2.24, 2.45) is 11.8 Å². The third-order valence-electron chi connectivity index (χ3n) is 6.75. The highest BCUT2D eigenvalue weighted by molar-refractivity contribution is 5.96. The fraction of sp³-hybridized carbons (Fsp3) is 0.667. The maximum atomic E-state index is 12.9. The highest BCUT2D eigenvalue weighted by Crippen LogP contribution is 2.32. The predicted molar refractivity (Wildman–Crippen MR) is 118 cm³/mol. The maximum Gasteiger partial charge on any atom is 0.338 e. The van der Waals surface area contributed by atoms with Crippen molar-refractivity contribution in [3.05, 3.63) is 29.3 Å². The number of carbonyl (C=O) groups is 2. The van der Waals surface area contributed by atoms with Gasteiger partial charge < -0.3 is 25.2 Å². The molecule has 0 saturated carbocycles. The SMILES string of the molecule is CC(C)(OC(=O)c1cc(O)cc(C(=O)OC(C)(C)C2CCNCC2)c1)C1CCNCC1. The van der Waals surface area contributed by atoms with Gasteiger partial charge in [0.05, 0.1) is 11.1 Å². The molecule has 3 rings (SSSR count). The number of carbonyl (C=O) groups excluding carboxylic acids is 2. The third kappa shape index (κ3) is 5.98. The molecule has 0 spiro atoms. The molecule has 1 aromatic carbocycles. The van der Waals surface area contributed by atoms with Gasteiger partial charge in [0.1, 0.15) is 17.0 Å². The number of benzene rings is 1. The predicted octanol–water partition coefficient (Wildman–Crippen LogP) is 3.26. The van der Waals surface area contributed by atoms with Gasteiger partial charge in [-0.25, -0.2) is 9.59 Å². The van der Waals surface area contributed by atoms with E-state index in [9.17, 15) is 14.7 Å². The maximum absolute atomic E-state index is 12.9. The van der Waals surface area contributed by atoms with Crippen LogP contribution in [0.25, 0.3) is 0 Å². The van der Waals surface area contributed by atoms with Crippen LogP contribution in [0, 0.1) is 11.8 Å². The van der Waals surface area contributed by atoms with Crippen molar-refractivity contribution < 1.29 is 24.2 Å². The molecule has 31 heavy (non-hydrogen) atoms. The summed E-state index contributed by atoms with van der Waals surface area (Å²) in [6, 6.07) is 4.10. The van der Waals surface area contributed by atoms with Crippen molar-refractivity contribution in [2.75, 3.05) is 26.2 Å². The van der Waals surface area contributed by atoms with Gasteiger partial charge in [-0.2, -0.15) is 0 Å². The number of aromatic hydroxyl groups is 1. The zero-order valence-corrected chi connectivity index (χ0v) is 19.1. The molecule has 0 amide bonds. The first kappa shape index (κ1) is 23.5. The Balaban J connectivity index is 1.71. The van der Waals surface area contributed by atoms with Crippen LogP contribution < -0.4 is 10.6 Å². The van der Waals surface area contributed by atoms with Crippen LogP contribution >= 0.6 is 0 Å². The van der Waals surface area contributed by atoms with Crippen molar-refractivity contribution in [1.82, 2.24) is 10.6 Å². The summed E-state index contributed by atoms with van der Waals surface area (Å²) in [7, 11) is 0. The average Bonchev–Trinajstić information content (AvgIpc) is 2.74. The van der Waals surface area contributed by atoms with Crippen LogP contribution in [0.3, 0.4) is 0 Å². The first-order valence-corrected chi connectivity index (χ1v) is 11.3. The van der Waals surface area contributed by atoms with Gasteiger partial charge in [0.25, 0.3) is 0 Å². The number of nitrogens with one attached hydrogen (secondary N) is 2. The van der Waals surface area contributed by atoms with Crippen LogP contribution in [0.1, 0.15) is 74.1 Å². The molecular weight excluding hydrogens is 396 g/mol. The molecule has 172 valence electrons. The smallest absolute Gasteiger partial charge is 0.338 e. The van der Waals surface area contributed by atoms with Crippen LogP contribution in [-0.2, 0) is 9.47 Å². The number of phenols is 1. The Morgan fingerprint density at radius 3 is 1.48 bits per heavy atom. The molecule has 1 aromatic rings. The lowest BCUT2D eigenvalue weighted by Crippen LogP contribution is -2.43. The summed E-state index contributed by atoms with van der Waals surface area (Å²) in [4.78, 5) is 25.7. The van der Waals surface area contributed by atoms with Crippen molar-refractivity contribution >= 4 is 11.9 Å². The molecule has 2 fully saturated rings. The zero-order chi connectivity index (χ0) is 22.6. The summed E-state index contributed by atoms with van der Waals surface area (Å²) >= 11 is 0. The lowest BCUT2D eigenvalue weighted by Gasteiger charge is -2.37. The van der Waals surface area contributed by atoms with Gasteiger partial charge in [-0.3, -0.25) is 0 Å². The highest BCUT2D eigenvalue weighted by atomic mass is 16.6. The molecule has 0 radical (unpaired) electrons. The Kier molecular flexibility index (Phi) is 7.27. The standard InChI is InChI=1S/C24H36N2O5/c1-23(2,18-5-9-25-10-6-18)30-21(28)16-13-17(15-20(27)14-16)22(29)31-24(3,4)19-7-11-26-12-8-19/h13-15,18-19,25-27H,5-12H2,1-4H3. The molecule has 0 aromatic heterocycles. The van der Waals surface area contributed by atoms with E-state index in [1.165, 1.54) is 18.2 Å². The van der Waals surface area contributed by atoms with Gasteiger partial charge in [-0.05, 0) is 97.8 Å². The fourth-order valence-corrected chi connectivity index (χ4v) is 4.64. The van der Waals surface area contributed by atoms with E-state index < -0.39 is 23.1 Å². The van der Waals surface area contributed by atoms with E-state index in [1.54, 1.807) is 0 Å². The van der Waals surface area contributed by atoms with E-state index in [0.29, 0.717) is 0 Å². The molecule has 0 bridgehead atoms. The Hall–Kier alpha value is -2.12. The van der Waals surface area contributed by atoms with E-state index in [4.69, 9.17) is 9.47 Å². The zero-order valence-electron chi connectivity index (χ0n) is 19.1. The van der Waals surface area contributed by atoms with Crippen LogP contribution in [-0.4, -0.2) is 54.4 Å². The molecule has 0 aliphatic carbocycles. The van der Waals surface area contributed by atoms with Crippen molar-refractivity contribution in [2.45, 2.75) is 64.6 Å². The molecule has 7 nitrogen and oxygen atoms in total. The molecular formula is C24H36N2O5. The van der Waals surface area contributed by atoms with E-state index in [2.05, 4.69) is 10.6 Å². The minimum absolute atomic E-state index is 0.147. The summed E-state index contributed by atoms with van der Waals surface area (Å²) in [5.41, 5.74) is -0.979. The Morgan fingerprint density at radius 2 is 1.13 bits per heavy atom. The number of piperidine rings is 2. The van der Waals surface area contributed by atoms with Gasteiger partial charge in [-0.1, -0.05) is 0 Å². The topological polar surface area (TPSA) is 96.9 Å². The number of esters is 2. The largest absolute Gasteiger partial charge is 0.508 e. The van der Waals surface area contributed by atoms with Gasteiger partial charge >= 0.3 is 11.9 Å². The summed E-state index contributed by atoms with van der Waals surface area (Å²) in [6.07, 6.45) is 3.74. The highest BCUT2D eigenvalue weighted by Gasteiger charge is 2.36. The molecule has 2 aliphatic rings. The van der Waals surface area contributed by atoms with Gasteiger partial charge in [-0.15, -0.1) is 0 Å². The minimum atomic E-state index is -0.637. The first-order valence-electron chi connectivity index (χ1n) is 11.3. The summed E-state index contributed by atoms with van der Waals surface area (Å²) in [6.45, 7) is 11.3. The fourth-order valence-electron chi connectivity index (χ4n) is 4.64. The molecule has 2 heterocycles. The van der Waals surface area contributed by atoms with Gasteiger partial charge in [0.15, 0.2) is 0 Å². The Bertz CT molecular complexity index is 731. The first-order chi connectivity index (χ1) is 14.6. The van der Waals surface area contributed by atoms with Gasteiger partial charge in [0, 0.05) is 11.8 Å². The normalized spacial score (nSPS) is 19.1. The lowest BCUT2D eigenvalue weighted by atomic mass is 9.83. The van der Waals surface area contributed by atoms with Crippen molar-refractivity contribution in [1.29, 1.82) is 0 Å². The molecule has 2 aliphatic heterocycles. The minimum Gasteiger partial charge on any atom is -0.508 e. The lowest BCUT2D eigenvalue weighted by molar-refractivity contribution is -0.0368. The Morgan fingerprint density at radius 1 is 0.774 bits per heavy atom. The molecule has 0 unspecified atom stereocenters. The van der Waals surface area contributed by atoms with E-state index >= 15 is 0 Å². The van der Waals surface area contributed by atoms with Crippen molar-refractivity contribution in [3.63, 3.8) is 0 Å². The number of hydrogen-bond acceptors (Lipinski definition) is 7. The molecule has 2 saturated heterocycles. The number of ether oxygens (including phenoxy) is 2. The van der Waals surface area contributed by atoms with Crippen LogP contribution in [0.15, 0.2) is 18.2 Å². The number of hydrogen-bond donors (Lipinski definition) is 3. The van der Waals surface area contributed by atoms with Crippen LogP contribution in [0.4, 0.5) is 0 Å². The second kappa shape index (κ2) is 9.57. The second-order valence-corrected chi connectivity index (χ2v) is 9.80. The van der Waals surface area contributed by atoms with Crippen LogP contribution in [0.5, 0.6) is 5.75 Å². The summed E-state index contributed by atoms with van der Waals surface area (Å²) < 4.78 is 11.6. The molecule has 3 N–H and O–H groups in total. The summed E-state index contributed by atoms with van der Waals surface area (Å²) in [5, 5.41) is 16.8. The van der Waals surface area contributed by atoms with Gasteiger partial charge in [0.2, 0.25) is 0 Å². The van der Waals surface area contributed by atoms with E-state index in [-0.39, 0.29) is 28.7 Å². The quantitative estimate of drug-likeness (QED) is 0.594. The summed E-state index contributed by atoms with van der Waals surface area (Å²) in [5.74, 6) is -0.756. The number of rotatable bonds is 6. The number of phenolic OH excluding ortho intramolecular Hbond substituents is 1. The molecule has 7 heteroatoms. The van der Waals surface area contributed by atoms with E-state index in [1.807, 2.05) is 27.7 Å². The van der Waals surface area contributed by atoms with E-state index in [0.717, 1.165) is 51.9 Å². The van der Waals surface area contributed by atoms with Crippen LogP contribution in [0.2, 0.25) is 0 Å². The van der Waals surface area contributed by atoms with Crippen molar-refractivity contribution in [3.8, 4) is 5.75 Å². The molecule has 0 atom stereocenters. The average molecular weight is 433 g/mol. The monoisotopic (exact) mass is 432 g/mol.